The van der Waals surface area contributed by atoms with E-state index in [0.29, 0.717) is 0 Å². The zero-order chi connectivity index (χ0) is 10.3. The van der Waals surface area contributed by atoms with Crippen molar-refractivity contribution in [1.29, 1.82) is 0 Å². The van der Waals surface area contributed by atoms with Crippen LogP contribution in [0.3, 0.4) is 0 Å². The monoisotopic (exact) mass is 387 g/mol. The summed E-state index contributed by atoms with van der Waals surface area (Å²) in [5.74, 6) is 1.79. The van der Waals surface area contributed by atoms with Gasteiger partial charge in [0.05, 0.1) is 24.2 Å². The van der Waals surface area contributed by atoms with E-state index in [9.17, 15) is 0 Å². The molecule has 0 atom stereocenters. The molecule has 0 unspecified atom stereocenters. The SMILES string of the molecule is COc1cc[c-]c2c1OC1(CCCC1)C2.[W]. The van der Waals surface area contributed by atoms with Gasteiger partial charge in [0.25, 0.3) is 0 Å². The predicted octanol–water partition coefficient (Wildman–Crippen LogP) is 2.74. The van der Waals surface area contributed by atoms with Crippen molar-refractivity contribution in [3.05, 3.63) is 23.8 Å². The summed E-state index contributed by atoms with van der Waals surface area (Å²) in [4.78, 5) is 0. The number of benzene rings is 1. The number of fused-ring (bicyclic) bond motifs is 1. The maximum absolute atomic E-state index is 6.12. The van der Waals surface area contributed by atoms with E-state index in [1.807, 2.05) is 12.1 Å². The van der Waals surface area contributed by atoms with E-state index in [1.165, 1.54) is 31.2 Å². The normalized spacial score (nSPS) is 20.1. The van der Waals surface area contributed by atoms with Crippen LogP contribution in [0.15, 0.2) is 12.1 Å². The van der Waals surface area contributed by atoms with E-state index < -0.39 is 0 Å². The van der Waals surface area contributed by atoms with Crippen LogP contribution < -0.4 is 9.47 Å². The number of ether oxygens (including phenoxy) is 2. The molecular formula is C13H15O2W-. The Hall–Kier alpha value is -0.492. The van der Waals surface area contributed by atoms with Crippen molar-refractivity contribution in [1.82, 2.24) is 0 Å². The van der Waals surface area contributed by atoms with Gasteiger partial charge in [-0.2, -0.15) is 12.1 Å². The first-order valence-electron chi connectivity index (χ1n) is 5.60. The Morgan fingerprint density at radius 3 is 2.81 bits per heavy atom. The van der Waals surface area contributed by atoms with Crippen LogP contribution >= 0.6 is 0 Å². The molecule has 2 aliphatic rings. The molecular weight excluding hydrogens is 372 g/mol. The van der Waals surface area contributed by atoms with Crippen LogP contribution in [-0.4, -0.2) is 12.7 Å². The molecule has 3 heteroatoms. The first-order chi connectivity index (χ1) is 7.33. The Labute approximate surface area is 111 Å². The van der Waals surface area contributed by atoms with E-state index >= 15 is 0 Å². The topological polar surface area (TPSA) is 18.5 Å². The van der Waals surface area contributed by atoms with Crippen LogP contribution in [0.4, 0.5) is 0 Å². The van der Waals surface area contributed by atoms with Crippen LogP contribution in [0.2, 0.25) is 0 Å². The van der Waals surface area contributed by atoms with Gasteiger partial charge in [-0.1, -0.05) is 0 Å². The summed E-state index contributed by atoms with van der Waals surface area (Å²) in [5, 5.41) is 0. The van der Waals surface area contributed by atoms with Crippen LogP contribution in [-0.2, 0) is 27.5 Å². The first kappa shape index (κ1) is 12.0. The molecule has 0 radical (unpaired) electrons. The summed E-state index contributed by atoms with van der Waals surface area (Å²) in [6.07, 6.45) is 5.95. The maximum atomic E-state index is 6.12. The van der Waals surface area contributed by atoms with Crippen molar-refractivity contribution in [3.8, 4) is 11.5 Å². The third-order valence-corrected chi connectivity index (χ3v) is 3.54. The van der Waals surface area contributed by atoms with Gasteiger partial charge < -0.3 is 9.47 Å². The Morgan fingerprint density at radius 2 is 2.12 bits per heavy atom. The summed E-state index contributed by atoms with van der Waals surface area (Å²) in [6, 6.07) is 7.12. The van der Waals surface area contributed by atoms with Crippen molar-refractivity contribution in [2.24, 2.45) is 0 Å². The van der Waals surface area contributed by atoms with Crippen molar-refractivity contribution in [2.45, 2.75) is 37.7 Å². The van der Waals surface area contributed by atoms with Crippen molar-refractivity contribution >= 4 is 0 Å². The standard InChI is InChI=1S/C13H15O2.W/c1-14-11-6-4-5-10-9-13(15-12(10)11)7-2-3-8-13;/h4,6H,2-3,7-9H2,1H3;/q-1;. The molecule has 2 nitrogen and oxygen atoms in total. The number of hydrogen-bond acceptors (Lipinski definition) is 2. The fourth-order valence-electron chi connectivity index (χ4n) is 2.78. The number of methoxy groups -OCH3 is 1. The molecule has 86 valence electrons. The van der Waals surface area contributed by atoms with Gasteiger partial charge in [-0.25, -0.2) is 0 Å². The fourth-order valence-corrected chi connectivity index (χ4v) is 2.78. The molecule has 1 aliphatic heterocycles. The van der Waals surface area contributed by atoms with Gasteiger partial charge in [0.1, 0.15) is 0 Å². The number of hydrogen-bond donors (Lipinski definition) is 0. The zero-order valence-corrected chi connectivity index (χ0v) is 12.3. The molecule has 0 aromatic heterocycles. The molecule has 0 saturated heterocycles. The Kier molecular flexibility index (Phi) is 3.30. The van der Waals surface area contributed by atoms with Crippen molar-refractivity contribution < 1.29 is 30.5 Å². The second kappa shape index (κ2) is 4.41. The van der Waals surface area contributed by atoms with Gasteiger partial charge in [-0.15, -0.1) is 11.6 Å². The molecule has 0 amide bonds. The molecule has 1 saturated carbocycles. The van der Waals surface area contributed by atoms with E-state index in [1.54, 1.807) is 7.11 Å². The van der Waals surface area contributed by atoms with E-state index in [-0.39, 0.29) is 26.7 Å². The van der Waals surface area contributed by atoms with Crippen LogP contribution in [0.25, 0.3) is 0 Å². The summed E-state index contributed by atoms with van der Waals surface area (Å²) >= 11 is 0. The van der Waals surface area contributed by atoms with Gasteiger partial charge in [0, 0.05) is 21.1 Å². The van der Waals surface area contributed by atoms with Crippen LogP contribution in [0.5, 0.6) is 11.5 Å². The molecule has 0 bridgehead atoms. The fraction of sp³-hybridized carbons (Fsp3) is 0.538. The Morgan fingerprint density at radius 1 is 1.38 bits per heavy atom. The minimum Gasteiger partial charge on any atom is -0.542 e. The van der Waals surface area contributed by atoms with E-state index in [2.05, 4.69) is 6.07 Å². The molecule has 16 heavy (non-hydrogen) atoms. The zero-order valence-electron chi connectivity index (χ0n) is 9.41. The molecule has 1 heterocycles. The minimum absolute atomic E-state index is 0. The molecule has 3 rings (SSSR count). The second-order valence-corrected chi connectivity index (χ2v) is 4.52. The smallest absolute Gasteiger partial charge is 0.0955 e. The summed E-state index contributed by atoms with van der Waals surface area (Å²) in [5.41, 5.74) is 1.27. The Balaban J connectivity index is 0.000000963. The van der Waals surface area contributed by atoms with E-state index in [0.717, 1.165) is 17.9 Å². The molecule has 1 aromatic rings. The summed E-state index contributed by atoms with van der Waals surface area (Å²) in [6.45, 7) is 0. The predicted molar refractivity (Wildman–Crippen MR) is 57.4 cm³/mol. The van der Waals surface area contributed by atoms with Gasteiger partial charge in [-0.05, 0) is 32.1 Å². The maximum Gasteiger partial charge on any atom is 0.0955 e. The first-order valence-corrected chi connectivity index (χ1v) is 5.60. The molecule has 0 N–H and O–H groups in total. The second-order valence-electron chi connectivity index (χ2n) is 4.52. The third-order valence-electron chi connectivity index (χ3n) is 3.54. The molecule has 1 spiro atoms. The van der Waals surface area contributed by atoms with Crippen LogP contribution in [0.1, 0.15) is 31.2 Å². The van der Waals surface area contributed by atoms with Crippen molar-refractivity contribution in [3.63, 3.8) is 0 Å². The molecule has 1 fully saturated rings. The van der Waals surface area contributed by atoms with Crippen LogP contribution in [0, 0.1) is 6.07 Å². The van der Waals surface area contributed by atoms with E-state index in [4.69, 9.17) is 9.47 Å². The molecule has 1 aromatic carbocycles. The van der Waals surface area contributed by atoms with Gasteiger partial charge in [-0.3, -0.25) is 0 Å². The number of rotatable bonds is 1. The summed E-state index contributed by atoms with van der Waals surface area (Å²) in [7, 11) is 1.69. The average molecular weight is 387 g/mol. The largest absolute Gasteiger partial charge is 0.542 e. The van der Waals surface area contributed by atoms with Crippen molar-refractivity contribution in [2.75, 3.05) is 7.11 Å². The Bertz CT molecular complexity index is 384. The average Bonchev–Trinajstić information content (AvgIpc) is 2.84. The molecule has 1 aliphatic carbocycles. The quantitative estimate of drug-likeness (QED) is 0.691. The van der Waals surface area contributed by atoms with Gasteiger partial charge in [0.15, 0.2) is 0 Å². The summed E-state index contributed by atoms with van der Waals surface area (Å²) < 4.78 is 11.4. The third kappa shape index (κ3) is 1.77. The minimum atomic E-state index is 0. The van der Waals surface area contributed by atoms with Gasteiger partial charge in [0.2, 0.25) is 0 Å². The van der Waals surface area contributed by atoms with Gasteiger partial charge >= 0.3 is 0 Å².